The van der Waals surface area contributed by atoms with Gasteiger partial charge in [-0.05, 0) is 25.1 Å². The number of carboxylic acid groups (broad SMARTS) is 1. The second kappa shape index (κ2) is 6.23. The average molecular weight is 298 g/mol. The van der Waals surface area contributed by atoms with E-state index in [0.29, 0.717) is 5.56 Å². The van der Waals surface area contributed by atoms with Gasteiger partial charge in [-0.3, -0.25) is 0 Å². The van der Waals surface area contributed by atoms with Crippen molar-refractivity contribution < 1.29 is 19.8 Å². The number of nitrogens with one attached hydrogen (secondary N) is 2. The zero-order valence-electron chi connectivity index (χ0n) is 10.5. The number of nitrogens with zero attached hydrogens (tertiary/aromatic N) is 1. The molecule has 0 fully saturated rings. The Hall–Kier alpha value is -2.30. The molecule has 8 heteroatoms. The number of carbonyl (C=O) groups excluding carboxylic acids is 1. The van der Waals surface area contributed by atoms with Gasteiger partial charge in [-0.25, -0.2) is 9.59 Å². The molecule has 1 aromatic carbocycles. The van der Waals surface area contributed by atoms with Gasteiger partial charge in [-0.2, -0.15) is 5.26 Å². The van der Waals surface area contributed by atoms with Crippen molar-refractivity contribution in [1.82, 2.24) is 5.32 Å². The van der Waals surface area contributed by atoms with Gasteiger partial charge in [-0.1, -0.05) is 11.6 Å². The summed E-state index contributed by atoms with van der Waals surface area (Å²) in [6.07, 6.45) is 0. The molecule has 0 bridgehead atoms. The normalized spacial score (nSPS) is 12.9. The van der Waals surface area contributed by atoms with E-state index in [-0.39, 0.29) is 10.7 Å². The number of rotatable bonds is 4. The molecule has 20 heavy (non-hydrogen) atoms. The van der Waals surface area contributed by atoms with Gasteiger partial charge in [0, 0.05) is 0 Å². The minimum atomic E-state index is -2.06. The van der Waals surface area contributed by atoms with Gasteiger partial charge in [0.15, 0.2) is 5.60 Å². The highest BCUT2D eigenvalue weighted by Crippen LogP contribution is 2.22. The Balaban J connectivity index is 2.64. The summed E-state index contributed by atoms with van der Waals surface area (Å²) in [4.78, 5) is 22.2. The third-order valence-corrected chi connectivity index (χ3v) is 2.71. The number of nitriles is 1. The highest BCUT2D eigenvalue weighted by molar-refractivity contribution is 6.33. The van der Waals surface area contributed by atoms with E-state index in [9.17, 15) is 14.7 Å². The van der Waals surface area contributed by atoms with Gasteiger partial charge in [0.1, 0.15) is 0 Å². The van der Waals surface area contributed by atoms with Crippen LogP contribution in [0.1, 0.15) is 12.5 Å². The summed E-state index contributed by atoms with van der Waals surface area (Å²) < 4.78 is 0. The molecule has 4 N–H and O–H groups in total. The first-order valence-corrected chi connectivity index (χ1v) is 5.84. The van der Waals surface area contributed by atoms with Crippen molar-refractivity contribution in [3.05, 3.63) is 28.8 Å². The van der Waals surface area contributed by atoms with Crippen molar-refractivity contribution in [3.8, 4) is 6.07 Å². The first-order valence-electron chi connectivity index (χ1n) is 5.46. The van der Waals surface area contributed by atoms with E-state index >= 15 is 0 Å². The summed E-state index contributed by atoms with van der Waals surface area (Å²) >= 11 is 5.86. The number of carboxylic acids is 1. The lowest BCUT2D eigenvalue weighted by Gasteiger charge is -2.18. The van der Waals surface area contributed by atoms with Gasteiger partial charge in [0.25, 0.3) is 0 Å². The Labute approximate surface area is 119 Å². The molecular formula is C12H12ClN3O4. The fourth-order valence-electron chi connectivity index (χ4n) is 1.18. The van der Waals surface area contributed by atoms with Crippen LogP contribution in [0.5, 0.6) is 0 Å². The molecule has 1 rings (SSSR count). The van der Waals surface area contributed by atoms with Crippen LogP contribution in [-0.4, -0.2) is 34.4 Å². The molecule has 0 saturated heterocycles. The van der Waals surface area contributed by atoms with Crippen molar-refractivity contribution >= 4 is 29.3 Å². The van der Waals surface area contributed by atoms with Crippen LogP contribution >= 0.6 is 11.6 Å². The molecule has 0 spiro atoms. The molecule has 0 aromatic heterocycles. The lowest BCUT2D eigenvalue weighted by Crippen LogP contribution is -2.47. The number of hydrogen-bond donors (Lipinski definition) is 4. The smallest absolute Gasteiger partial charge is 0.337 e. The van der Waals surface area contributed by atoms with Gasteiger partial charge in [-0.15, -0.1) is 0 Å². The Morgan fingerprint density at radius 2 is 2.15 bits per heavy atom. The Morgan fingerprint density at radius 3 is 2.65 bits per heavy atom. The van der Waals surface area contributed by atoms with Crippen LogP contribution in [0.15, 0.2) is 18.2 Å². The number of carbonyl (C=O) groups is 2. The molecule has 0 saturated carbocycles. The molecule has 1 aromatic rings. The van der Waals surface area contributed by atoms with Crippen LogP contribution in [0, 0.1) is 11.3 Å². The maximum absolute atomic E-state index is 11.5. The van der Waals surface area contributed by atoms with E-state index in [1.807, 2.05) is 6.07 Å². The molecule has 0 heterocycles. The second-order valence-electron chi connectivity index (χ2n) is 4.19. The number of urea groups is 1. The zero-order valence-corrected chi connectivity index (χ0v) is 11.2. The van der Waals surface area contributed by atoms with Crippen molar-refractivity contribution in [2.75, 3.05) is 11.9 Å². The van der Waals surface area contributed by atoms with E-state index in [1.54, 1.807) is 0 Å². The topological polar surface area (TPSA) is 122 Å². The first kappa shape index (κ1) is 15.8. The van der Waals surface area contributed by atoms with Crippen LogP contribution in [0.3, 0.4) is 0 Å². The van der Waals surface area contributed by atoms with Crippen LogP contribution < -0.4 is 10.6 Å². The molecule has 1 atom stereocenters. The predicted molar refractivity (Wildman–Crippen MR) is 71.4 cm³/mol. The molecule has 0 aliphatic rings. The van der Waals surface area contributed by atoms with Gasteiger partial charge in [0.2, 0.25) is 0 Å². The minimum absolute atomic E-state index is 0.171. The summed E-state index contributed by atoms with van der Waals surface area (Å²) in [6.45, 7) is 0.590. The predicted octanol–water partition coefficient (Wildman–Crippen LogP) is 1.17. The highest BCUT2D eigenvalue weighted by atomic mass is 35.5. The van der Waals surface area contributed by atoms with Crippen LogP contribution in [-0.2, 0) is 4.79 Å². The van der Waals surface area contributed by atoms with Crippen molar-refractivity contribution in [3.63, 3.8) is 0 Å². The number of aliphatic carboxylic acids is 1. The zero-order chi connectivity index (χ0) is 15.3. The average Bonchev–Trinajstić information content (AvgIpc) is 2.38. The highest BCUT2D eigenvalue weighted by Gasteiger charge is 2.30. The van der Waals surface area contributed by atoms with Gasteiger partial charge in [0.05, 0.1) is 28.9 Å². The summed E-state index contributed by atoms with van der Waals surface area (Å²) in [5.41, 5.74) is -1.46. The van der Waals surface area contributed by atoms with E-state index in [4.69, 9.17) is 22.0 Å². The molecule has 0 aliphatic carbocycles. The van der Waals surface area contributed by atoms with Crippen LogP contribution in [0.25, 0.3) is 0 Å². The molecule has 1 unspecified atom stereocenters. The number of hydrogen-bond acceptors (Lipinski definition) is 4. The van der Waals surface area contributed by atoms with Crippen molar-refractivity contribution in [2.45, 2.75) is 12.5 Å². The SMILES string of the molecule is CC(O)(CNC(=O)Nc1ccc(C#N)cc1Cl)C(=O)O. The maximum Gasteiger partial charge on any atom is 0.337 e. The standard InChI is InChI=1S/C12H12ClN3O4/c1-12(20,10(17)18)6-15-11(19)16-9-3-2-7(5-14)4-8(9)13/h2-4,20H,6H2,1H3,(H,17,18)(H2,15,16,19). The lowest BCUT2D eigenvalue weighted by atomic mass is 10.1. The fourth-order valence-corrected chi connectivity index (χ4v) is 1.41. The molecule has 2 amide bonds. The maximum atomic E-state index is 11.5. The number of aliphatic hydroxyl groups is 1. The number of amides is 2. The molecule has 7 nitrogen and oxygen atoms in total. The summed E-state index contributed by atoms with van der Waals surface area (Å²) in [5.74, 6) is -1.45. The third kappa shape index (κ3) is 4.12. The van der Waals surface area contributed by atoms with Gasteiger partial charge >= 0.3 is 12.0 Å². The quantitative estimate of drug-likeness (QED) is 0.664. The Bertz CT molecular complexity index is 581. The van der Waals surface area contributed by atoms with E-state index < -0.39 is 24.1 Å². The Kier molecular flexibility index (Phi) is 4.91. The van der Waals surface area contributed by atoms with Crippen molar-refractivity contribution in [1.29, 1.82) is 5.26 Å². The molecule has 106 valence electrons. The van der Waals surface area contributed by atoms with Crippen LogP contribution in [0.4, 0.5) is 10.5 Å². The first-order chi connectivity index (χ1) is 9.26. The second-order valence-corrected chi connectivity index (χ2v) is 4.60. The van der Waals surface area contributed by atoms with E-state index in [2.05, 4.69) is 10.6 Å². The van der Waals surface area contributed by atoms with Crippen LogP contribution in [0.2, 0.25) is 5.02 Å². The fraction of sp³-hybridized carbons (Fsp3) is 0.250. The third-order valence-electron chi connectivity index (χ3n) is 2.40. The molecule has 0 radical (unpaired) electrons. The lowest BCUT2D eigenvalue weighted by molar-refractivity contribution is -0.155. The summed E-state index contributed by atoms with van der Waals surface area (Å²) in [7, 11) is 0. The summed E-state index contributed by atoms with van der Waals surface area (Å²) in [5, 5.41) is 31.5. The number of halogens is 1. The van der Waals surface area contributed by atoms with E-state index in [0.717, 1.165) is 6.92 Å². The summed E-state index contributed by atoms with van der Waals surface area (Å²) in [6, 6.07) is 5.46. The largest absolute Gasteiger partial charge is 0.479 e. The number of anilines is 1. The molecule has 0 aliphatic heterocycles. The van der Waals surface area contributed by atoms with Crippen molar-refractivity contribution in [2.24, 2.45) is 0 Å². The monoisotopic (exact) mass is 297 g/mol. The minimum Gasteiger partial charge on any atom is -0.479 e. The van der Waals surface area contributed by atoms with Gasteiger partial charge < -0.3 is 20.8 Å². The van der Waals surface area contributed by atoms with E-state index in [1.165, 1.54) is 18.2 Å². The molecular weight excluding hydrogens is 286 g/mol. The number of benzene rings is 1. The Morgan fingerprint density at radius 1 is 1.50 bits per heavy atom.